The van der Waals surface area contributed by atoms with Crippen molar-refractivity contribution in [3.8, 4) is 22.8 Å². The Kier molecular flexibility index (Phi) is 5.40. The van der Waals surface area contributed by atoms with Gasteiger partial charge in [-0.2, -0.15) is 0 Å². The van der Waals surface area contributed by atoms with Crippen LogP contribution in [0.5, 0.6) is 11.5 Å². The Morgan fingerprint density at radius 2 is 1.85 bits per heavy atom. The summed E-state index contributed by atoms with van der Waals surface area (Å²) in [6, 6.07) is 12.9. The normalized spacial score (nSPS) is 11.7. The summed E-state index contributed by atoms with van der Waals surface area (Å²) < 4.78 is 29.3. The standard InChI is InChI=1S/C20H19FN2O4/c1-12(13-8-9-18(26-3)15(21)10-13)22-20(24)16-11-19(27-23-16)14-6-4-5-7-17(14)25-2/h4-12H,1-3H3,(H,22,24). The molecule has 2 aromatic carbocycles. The van der Waals surface area contributed by atoms with E-state index in [1.54, 1.807) is 26.2 Å². The van der Waals surface area contributed by atoms with Gasteiger partial charge in [0, 0.05) is 6.07 Å². The number of benzene rings is 2. The molecule has 0 aliphatic rings. The Morgan fingerprint density at radius 3 is 2.56 bits per heavy atom. The van der Waals surface area contributed by atoms with Gasteiger partial charge in [-0.25, -0.2) is 4.39 Å². The molecule has 7 heteroatoms. The minimum absolute atomic E-state index is 0.122. The third-order valence-corrected chi connectivity index (χ3v) is 4.14. The van der Waals surface area contributed by atoms with Gasteiger partial charge in [-0.3, -0.25) is 4.79 Å². The minimum Gasteiger partial charge on any atom is -0.496 e. The number of rotatable bonds is 6. The van der Waals surface area contributed by atoms with E-state index in [9.17, 15) is 9.18 Å². The van der Waals surface area contributed by atoms with E-state index in [1.165, 1.54) is 25.3 Å². The average molecular weight is 370 g/mol. The fraction of sp³-hybridized carbons (Fsp3) is 0.200. The number of ether oxygens (including phenoxy) is 2. The second kappa shape index (κ2) is 7.90. The first-order chi connectivity index (χ1) is 13.0. The molecule has 0 spiro atoms. The van der Waals surface area contributed by atoms with E-state index in [1.807, 2.05) is 18.2 Å². The molecule has 0 aliphatic heterocycles. The summed E-state index contributed by atoms with van der Waals surface area (Å²) in [6.45, 7) is 1.75. The van der Waals surface area contributed by atoms with Crippen LogP contribution in [-0.4, -0.2) is 25.3 Å². The molecule has 27 heavy (non-hydrogen) atoms. The van der Waals surface area contributed by atoms with Gasteiger partial charge in [-0.05, 0) is 36.8 Å². The molecule has 1 unspecified atom stereocenters. The predicted molar refractivity (Wildman–Crippen MR) is 97.3 cm³/mol. The molecule has 140 valence electrons. The van der Waals surface area contributed by atoms with Gasteiger partial charge < -0.3 is 19.3 Å². The summed E-state index contributed by atoms with van der Waals surface area (Å²) in [4.78, 5) is 12.5. The van der Waals surface area contributed by atoms with Gasteiger partial charge in [0.05, 0.1) is 25.8 Å². The summed E-state index contributed by atoms with van der Waals surface area (Å²) in [5, 5.41) is 6.59. The lowest BCUT2D eigenvalue weighted by atomic mass is 10.1. The Bertz CT molecular complexity index is 955. The van der Waals surface area contributed by atoms with Gasteiger partial charge in [0.15, 0.2) is 23.0 Å². The summed E-state index contributed by atoms with van der Waals surface area (Å²) in [7, 11) is 2.95. The monoisotopic (exact) mass is 370 g/mol. The Morgan fingerprint density at radius 1 is 1.11 bits per heavy atom. The first-order valence-corrected chi connectivity index (χ1v) is 8.28. The van der Waals surface area contributed by atoms with Crippen LogP contribution < -0.4 is 14.8 Å². The van der Waals surface area contributed by atoms with Gasteiger partial charge >= 0.3 is 0 Å². The van der Waals surface area contributed by atoms with Gasteiger partial charge in [0.25, 0.3) is 5.91 Å². The molecule has 0 bridgehead atoms. The molecule has 6 nitrogen and oxygen atoms in total. The maximum Gasteiger partial charge on any atom is 0.273 e. The van der Waals surface area contributed by atoms with Crippen molar-refractivity contribution in [2.75, 3.05) is 14.2 Å². The average Bonchev–Trinajstić information content (AvgIpc) is 3.18. The molecule has 3 rings (SSSR count). The molecular formula is C20H19FN2O4. The van der Waals surface area contributed by atoms with Crippen molar-refractivity contribution < 1.29 is 23.2 Å². The highest BCUT2D eigenvalue weighted by atomic mass is 19.1. The summed E-state index contributed by atoms with van der Waals surface area (Å²) in [5.74, 6) is 0.262. The quantitative estimate of drug-likeness (QED) is 0.710. The smallest absolute Gasteiger partial charge is 0.273 e. The molecule has 0 aliphatic carbocycles. The SMILES string of the molecule is COc1ccc(C(C)NC(=O)c2cc(-c3ccccc3OC)on2)cc1F. The second-order valence-electron chi connectivity index (χ2n) is 5.87. The van der Waals surface area contributed by atoms with E-state index in [4.69, 9.17) is 14.0 Å². The van der Waals surface area contributed by atoms with Crippen molar-refractivity contribution >= 4 is 5.91 Å². The zero-order valence-corrected chi connectivity index (χ0v) is 15.2. The van der Waals surface area contributed by atoms with Crippen molar-refractivity contribution in [1.29, 1.82) is 0 Å². The molecule has 1 heterocycles. The topological polar surface area (TPSA) is 73.6 Å². The first-order valence-electron chi connectivity index (χ1n) is 8.28. The van der Waals surface area contributed by atoms with E-state index in [-0.39, 0.29) is 11.4 Å². The van der Waals surface area contributed by atoms with Crippen LogP contribution >= 0.6 is 0 Å². The second-order valence-corrected chi connectivity index (χ2v) is 5.87. The molecular weight excluding hydrogens is 351 g/mol. The van der Waals surface area contributed by atoms with E-state index in [0.717, 1.165) is 0 Å². The molecule has 0 saturated heterocycles. The minimum atomic E-state index is -0.490. The van der Waals surface area contributed by atoms with Crippen LogP contribution in [0.3, 0.4) is 0 Å². The number of hydrogen-bond acceptors (Lipinski definition) is 5. The number of aromatic nitrogens is 1. The predicted octanol–water partition coefficient (Wildman–Crippen LogP) is 3.99. The Labute approximate surface area is 155 Å². The molecule has 0 saturated carbocycles. The number of amides is 1. The molecule has 0 radical (unpaired) electrons. The van der Waals surface area contributed by atoms with Crippen molar-refractivity contribution in [2.24, 2.45) is 0 Å². The van der Waals surface area contributed by atoms with Gasteiger partial charge in [-0.1, -0.05) is 23.4 Å². The van der Waals surface area contributed by atoms with E-state index >= 15 is 0 Å². The highest BCUT2D eigenvalue weighted by Gasteiger charge is 2.19. The van der Waals surface area contributed by atoms with Gasteiger partial charge in [0.2, 0.25) is 0 Å². The Hall–Kier alpha value is -3.35. The van der Waals surface area contributed by atoms with Crippen molar-refractivity contribution in [3.63, 3.8) is 0 Å². The van der Waals surface area contributed by atoms with Crippen LogP contribution in [0, 0.1) is 5.82 Å². The molecule has 1 amide bonds. The highest BCUT2D eigenvalue weighted by molar-refractivity contribution is 5.93. The summed E-state index contributed by atoms with van der Waals surface area (Å²) >= 11 is 0. The number of nitrogens with zero attached hydrogens (tertiary/aromatic N) is 1. The molecule has 3 aromatic rings. The lowest BCUT2D eigenvalue weighted by Gasteiger charge is -2.14. The number of nitrogens with one attached hydrogen (secondary N) is 1. The largest absolute Gasteiger partial charge is 0.496 e. The number of hydrogen-bond donors (Lipinski definition) is 1. The van der Waals surface area contributed by atoms with Crippen molar-refractivity contribution in [2.45, 2.75) is 13.0 Å². The van der Waals surface area contributed by atoms with Crippen molar-refractivity contribution in [3.05, 3.63) is 65.6 Å². The summed E-state index contributed by atoms with van der Waals surface area (Å²) in [6.07, 6.45) is 0. The number of methoxy groups -OCH3 is 2. The number of halogens is 1. The zero-order valence-electron chi connectivity index (χ0n) is 15.2. The molecule has 1 N–H and O–H groups in total. The number of carbonyl (C=O) groups excluding carboxylic acids is 1. The van der Waals surface area contributed by atoms with Crippen LogP contribution in [0.1, 0.15) is 29.0 Å². The lowest BCUT2D eigenvalue weighted by Crippen LogP contribution is -2.26. The molecule has 1 atom stereocenters. The first kappa shape index (κ1) is 18.4. The van der Waals surface area contributed by atoms with Crippen LogP contribution in [-0.2, 0) is 0 Å². The maximum atomic E-state index is 13.9. The van der Waals surface area contributed by atoms with E-state index < -0.39 is 17.8 Å². The van der Waals surface area contributed by atoms with Crippen molar-refractivity contribution in [1.82, 2.24) is 10.5 Å². The van der Waals surface area contributed by atoms with Gasteiger partial charge in [-0.15, -0.1) is 0 Å². The molecule has 1 aromatic heterocycles. The third-order valence-electron chi connectivity index (χ3n) is 4.14. The fourth-order valence-corrected chi connectivity index (χ4v) is 2.66. The van der Waals surface area contributed by atoms with E-state index in [2.05, 4.69) is 10.5 Å². The van der Waals surface area contributed by atoms with Crippen LogP contribution in [0.25, 0.3) is 11.3 Å². The third kappa shape index (κ3) is 3.92. The molecule has 0 fully saturated rings. The van der Waals surface area contributed by atoms with E-state index in [0.29, 0.717) is 22.6 Å². The number of carbonyl (C=O) groups is 1. The van der Waals surface area contributed by atoms with Crippen LogP contribution in [0.2, 0.25) is 0 Å². The highest BCUT2D eigenvalue weighted by Crippen LogP contribution is 2.30. The maximum absolute atomic E-state index is 13.9. The van der Waals surface area contributed by atoms with Crippen LogP contribution in [0.4, 0.5) is 4.39 Å². The van der Waals surface area contributed by atoms with Gasteiger partial charge in [0.1, 0.15) is 5.75 Å². The number of para-hydroxylation sites is 1. The van der Waals surface area contributed by atoms with Crippen LogP contribution in [0.15, 0.2) is 53.1 Å². The Balaban J connectivity index is 1.75. The fourth-order valence-electron chi connectivity index (χ4n) is 2.66. The lowest BCUT2D eigenvalue weighted by molar-refractivity contribution is 0.0930. The summed E-state index contributed by atoms with van der Waals surface area (Å²) in [5.41, 5.74) is 1.42. The zero-order chi connectivity index (χ0) is 19.4.